The molecule has 0 radical (unpaired) electrons. The van der Waals surface area contributed by atoms with Gasteiger partial charge in [0.2, 0.25) is 0 Å². The van der Waals surface area contributed by atoms with E-state index in [-0.39, 0.29) is 11.8 Å². The second-order valence-corrected chi connectivity index (χ2v) is 5.46. The fraction of sp³-hybridized carbons (Fsp3) is 0.211. The maximum absolute atomic E-state index is 11.9. The molecular formula is C19H18O. The van der Waals surface area contributed by atoms with Crippen LogP contribution in [0.15, 0.2) is 67.2 Å². The van der Waals surface area contributed by atoms with Crippen LogP contribution in [0.4, 0.5) is 0 Å². The highest BCUT2D eigenvalue weighted by molar-refractivity contribution is 5.86. The van der Waals surface area contributed by atoms with E-state index in [1.54, 1.807) is 0 Å². The Kier molecular flexibility index (Phi) is 3.51. The van der Waals surface area contributed by atoms with Crippen molar-refractivity contribution in [3.63, 3.8) is 0 Å². The van der Waals surface area contributed by atoms with Crippen molar-refractivity contribution in [3.05, 3.63) is 78.4 Å². The number of hydrogen-bond acceptors (Lipinski definition) is 1. The average Bonchev–Trinajstić information content (AvgIpc) is 2.90. The van der Waals surface area contributed by atoms with E-state index in [0.717, 1.165) is 11.1 Å². The van der Waals surface area contributed by atoms with Crippen LogP contribution < -0.4 is 0 Å². The van der Waals surface area contributed by atoms with Crippen molar-refractivity contribution in [1.29, 1.82) is 0 Å². The molecule has 0 amide bonds. The Balaban J connectivity index is 1.91. The predicted molar refractivity (Wildman–Crippen MR) is 82.4 cm³/mol. The molecule has 0 saturated heterocycles. The number of rotatable bonds is 3. The van der Waals surface area contributed by atoms with Crippen molar-refractivity contribution < 1.29 is 4.79 Å². The lowest BCUT2D eigenvalue weighted by Crippen LogP contribution is -2.08. The second kappa shape index (κ2) is 5.46. The Morgan fingerprint density at radius 2 is 1.50 bits per heavy atom. The van der Waals surface area contributed by atoms with Crippen molar-refractivity contribution in [2.75, 3.05) is 0 Å². The molecule has 1 aliphatic rings. The number of carbonyl (C=O) groups is 1. The van der Waals surface area contributed by atoms with Crippen LogP contribution in [-0.4, -0.2) is 5.78 Å². The van der Waals surface area contributed by atoms with Crippen LogP contribution in [0.2, 0.25) is 0 Å². The summed E-state index contributed by atoms with van der Waals surface area (Å²) in [7, 11) is 0. The minimum Gasteiger partial charge on any atom is -0.300 e. The smallest absolute Gasteiger partial charge is 0.134 e. The maximum Gasteiger partial charge on any atom is 0.134 e. The molecule has 0 heterocycles. The van der Waals surface area contributed by atoms with E-state index in [1.807, 2.05) is 36.4 Å². The molecule has 2 aromatic rings. The molecule has 1 fully saturated rings. The summed E-state index contributed by atoms with van der Waals surface area (Å²) < 4.78 is 0. The van der Waals surface area contributed by atoms with Crippen LogP contribution in [-0.2, 0) is 4.79 Å². The van der Waals surface area contributed by atoms with Gasteiger partial charge in [0.25, 0.3) is 0 Å². The second-order valence-electron chi connectivity index (χ2n) is 5.46. The Labute approximate surface area is 120 Å². The van der Waals surface area contributed by atoms with E-state index in [9.17, 15) is 4.79 Å². The van der Waals surface area contributed by atoms with Gasteiger partial charge in [0.15, 0.2) is 0 Å². The van der Waals surface area contributed by atoms with Crippen LogP contribution in [0.5, 0.6) is 0 Å². The van der Waals surface area contributed by atoms with Gasteiger partial charge in [-0.25, -0.2) is 0 Å². The maximum atomic E-state index is 11.9. The van der Waals surface area contributed by atoms with Gasteiger partial charge in [-0.05, 0) is 28.5 Å². The topological polar surface area (TPSA) is 17.1 Å². The van der Waals surface area contributed by atoms with Crippen LogP contribution in [0.1, 0.15) is 29.9 Å². The molecule has 2 aromatic carbocycles. The highest BCUT2D eigenvalue weighted by Crippen LogP contribution is 2.44. The first-order chi connectivity index (χ1) is 9.75. The Hall–Kier alpha value is -2.15. The lowest BCUT2D eigenvalue weighted by atomic mass is 9.82. The lowest BCUT2D eigenvalue weighted by Gasteiger charge is -2.21. The Bertz CT molecular complexity index is 613. The SMILES string of the molecule is C=C(c1ccccc1)[C@H]1CC(=O)C[C@@H]1c1ccccc1. The summed E-state index contributed by atoms with van der Waals surface area (Å²) in [6, 6.07) is 20.5. The fourth-order valence-electron chi connectivity index (χ4n) is 3.14. The number of hydrogen-bond donors (Lipinski definition) is 0. The molecular weight excluding hydrogens is 244 g/mol. The molecule has 0 spiro atoms. The number of benzene rings is 2. The number of Topliss-reactive ketones (excluding diaryl/α,β-unsaturated/α-hetero) is 1. The molecule has 0 aromatic heterocycles. The molecule has 0 aliphatic heterocycles. The van der Waals surface area contributed by atoms with Crippen molar-refractivity contribution in [2.45, 2.75) is 18.8 Å². The molecule has 20 heavy (non-hydrogen) atoms. The van der Waals surface area contributed by atoms with Crippen molar-refractivity contribution >= 4 is 11.4 Å². The molecule has 1 aliphatic carbocycles. The molecule has 100 valence electrons. The predicted octanol–water partition coefficient (Wildman–Crippen LogP) is 4.46. The standard InChI is InChI=1S/C19H18O/c1-14(15-8-4-2-5-9-15)18-12-17(20)13-19(18)16-10-6-3-7-11-16/h2-11,18-19H,1,12-13H2/t18-,19-/m1/s1. The van der Waals surface area contributed by atoms with E-state index in [2.05, 4.69) is 30.8 Å². The van der Waals surface area contributed by atoms with Gasteiger partial charge in [0.05, 0.1) is 0 Å². The van der Waals surface area contributed by atoms with Gasteiger partial charge in [-0.2, -0.15) is 0 Å². The number of carbonyl (C=O) groups excluding carboxylic acids is 1. The zero-order valence-electron chi connectivity index (χ0n) is 11.5. The summed E-state index contributed by atoms with van der Waals surface area (Å²) in [4.78, 5) is 11.9. The fourth-order valence-corrected chi connectivity index (χ4v) is 3.14. The molecule has 1 nitrogen and oxygen atoms in total. The van der Waals surface area contributed by atoms with Gasteiger partial charge in [-0.15, -0.1) is 0 Å². The zero-order valence-corrected chi connectivity index (χ0v) is 11.5. The van der Waals surface area contributed by atoms with E-state index in [4.69, 9.17) is 0 Å². The molecule has 0 bridgehead atoms. The normalized spacial score (nSPS) is 21.9. The molecule has 1 saturated carbocycles. The zero-order chi connectivity index (χ0) is 13.9. The highest BCUT2D eigenvalue weighted by atomic mass is 16.1. The van der Waals surface area contributed by atoms with Gasteiger partial charge in [0, 0.05) is 12.8 Å². The largest absolute Gasteiger partial charge is 0.300 e. The minimum absolute atomic E-state index is 0.229. The molecule has 2 atom stereocenters. The first kappa shape index (κ1) is 12.9. The van der Waals surface area contributed by atoms with Crippen LogP contribution in [0.3, 0.4) is 0 Å². The summed E-state index contributed by atoms with van der Waals surface area (Å²) in [6.07, 6.45) is 1.26. The Morgan fingerprint density at radius 1 is 0.900 bits per heavy atom. The van der Waals surface area contributed by atoms with E-state index < -0.39 is 0 Å². The van der Waals surface area contributed by atoms with Gasteiger partial charge in [0.1, 0.15) is 5.78 Å². The summed E-state index contributed by atoms with van der Waals surface area (Å²) in [5.74, 6) is 0.852. The van der Waals surface area contributed by atoms with E-state index >= 15 is 0 Å². The van der Waals surface area contributed by atoms with Crippen molar-refractivity contribution in [2.24, 2.45) is 5.92 Å². The van der Waals surface area contributed by atoms with Crippen LogP contribution in [0.25, 0.3) is 5.57 Å². The molecule has 1 heteroatoms. The van der Waals surface area contributed by atoms with Crippen LogP contribution in [0, 0.1) is 5.92 Å². The summed E-state index contributed by atoms with van der Waals surface area (Å²) in [5, 5.41) is 0. The monoisotopic (exact) mass is 262 g/mol. The molecule has 3 rings (SSSR count). The van der Waals surface area contributed by atoms with Crippen molar-refractivity contribution in [1.82, 2.24) is 0 Å². The van der Waals surface area contributed by atoms with Gasteiger partial charge in [-0.3, -0.25) is 4.79 Å². The van der Waals surface area contributed by atoms with Crippen LogP contribution >= 0.6 is 0 Å². The molecule has 0 unspecified atom stereocenters. The number of allylic oxidation sites excluding steroid dienone is 1. The third-order valence-corrected chi connectivity index (χ3v) is 4.20. The van der Waals surface area contributed by atoms with Gasteiger partial charge < -0.3 is 0 Å². The summed E-state index contributed by atoms with van der Waals surface area (Å²) in [6.45, 7) is 4.26. The van der Waals surface area contributed by atoms with Gasteiger partial charge >= 0.3 is 0 Å². The molecule has 0 N–H and O–H groups in total. The first-order valence-electron chi connectivity index (χ1n) is 7.06. The van der Waals surface area contributed by atoms with E-state index in [0.29, 0.717) is 18.6 Å². The Morgan fingerprint density at radius 3 is 2.15 bits per heavy atom. The average molecular weight is 262 g/mol. The third-order valence-electron chi connectivity index (χ3n) is 4.20. The third kappa shape index (κ3) is 2.44. The lowest BCUT2D eigenvalue weighted by molar-refractivity contribution is -0.117. The van der Waals surface area contributed by atoms with E-state index in [1.165, 1.54) is 5.56 Å². The van der Waals surface area contributed by atoms with Gasteiger partial charge in [-0.1, -0.05) is 67.2 Å². The number of ketones is 1. The first-order valence-corrected chi connectivity index (χ1v) is 7.06. The highest BCUT2D eigenvalue weighted by Gasteiger charge is 2.35. The summed E-state index contributed by atoms with van der Waals surface area (Å²) in [5.41, 5.74) is 3.49. The summed E-state index contributed by atoms with van der Waals surface area (Å²) >= 11 is 0. The van der Waals surface area contributed by atoms with Crippen molar-refractivity contribution in [3.8, 4) is 0 Å². The minimum atomic E-state index is 0.229. The quantitative estimate of drug-likeness (QED) is 0.798.